The second-order valence-electron chi connectivity index (χ2n) is 11.1. The fourth-order valence-corrected chi connectivity index (χ4v) is 6.69. The number of aromatic nitrogens is 2. The van der Waals surface area contributed by atoms with Crippen molar-refractivity contribution in [3.05, 3.63) is 36.0 Å². The van der Waals surface area contributed by atoms with E-state index in [1.54, 1.807) is 6.07 Å². The van der Waals surface area contributed by atoms with Gasteiger partial charge in [-0.25, -0.2) is 4.39 Å². The summed E-state index contributed by atoms with van der Waals surface area (Å²) >= 11 is 0. The van der Waals surface area contributed by atoms with E-state index in [4.69, 9.17) is 18.7 Å². The number of benzene rings is 1. The first-order valence-electron chi connectivity index (χ1n) is 12.5. The van der Waals surface area contributed by atoms with Crippen LogP contribution in [-0.4, -0.2) is 78.8 Å². The Hall–Kier alpha value is -2.23. The molecule has 1 aromatic heterocycles. The van der Waals surface area contributed by atoms with Gasteiger partial charge in [0.25, 0.3) is 5.95 Å². The molecule has 9 heteroatoms. The fourth-order valence-electron chi connectivity index (χ4n) is 6.69. The maximum Gasteiger partial charge on any atom is 0.266 e. The van der Waals surface area contributed by atoms with E-state index in [1.807, 2.05) is 6.07 Å². The van der Waals surface area contributed by atoms with Crippen LogP contribution >= 0.6 is 0 Å². The Morgan fingerprint density at radius 2 is 1.91 bits per heavy atom. The van der Waals surface area contributed by atoms with Gasteiger partial charge in [0, 0.05) is 17.0 Å². The van der Waals surface area contributed by atoms with Crippen LogP contribution in [0, 0.1) is 11.2 Å². The number of nitrogens with zero attached hydrogens (tertiary/aromatic N) is 4. The number of hydrogen-bond acceptors (Lipinski definition) is 8. The number of rotatable bonds is 5. The largest absolute Gasteiger partial charge is 0.490 e. The number of hydrogen-bond donors (Lipinski definition) is 0. The van der Waals surface area contributed by atoms with Crippen molar-refractivity contribution in [1.29, 1.82) is 0 Å². The highest BCUT2D eigenvalue weighted by Gasteiger charge is 2.53. The minimum atomic E-state index is -0.176. The lowest BCUT2D eigenvalue weighted by atomic mass is 9.65. The average molecular weight is 471 g/mol. The molecule has 8 nitrogen and oxygen atoms in total. The van der Waals surface area contributed by atoms with E-state index in [0.717, 1.165) is 89.4 Å². The van der Waals surface area contributed by atoms with Gasteiger partial charge in [0.05, 0.1) is 32.9 Å². The van der Waals surface area contributed by atoms with Gasteiger partial charge in [0.1, 0.15) is 23.3 Å². The van der Waals surface area contributed by atoms with Crippen molar-refractivity contribution in [2.24, 2.45) is 5.41 Å². The third-order valence-electron chi connectivity index (χ3n) is 8.67. The van der Waals surface area contributed by atoms with Crippen LogP contribution in [0.15, 0.2) is 29.1 Å². The first-order valence-corrected chi connectivity index (χ1v) is 12.5. The quantitative estimate of drug-likeness (QED) is 0.661. The molecule has 0 unspecified atom stereocenters. The maximum atomic E-state index is 14.2. The molecule has 182 valence electrons. The zero-order chi connectivity index (χ0) is 22.8. The van der Waals surface area contributed by atoms with Gasteiger partial charge in [-0.3, -0.25) is 4.90 Å². The Morgan fingerprint density at radius 3 is 2.62 bits per heavy atom. The summed E-state index contributed by atoms with van der Waals surface area (Å²) in [6.45, 7) is 6.14. The predicted octanol–water partition coefficient (Wildman–Crippen LogP) is 2.99. The number of likely N-dealkylation sites (tertiary alicyclic amines) is 1. The smallest absolute Gasteiger partial charge is 0.266 e. The van der Waals surface area contributed by atoms with Gasteiger partial charge in [-0.2, -0.15) is 4.98 Å². The van der Waals surface area contributed by atoms with Crippen LogP contribution in [0.4, 0.5) is 10.3 Å². The zero-order valence-corrected chi connectivity index (χ0v) is 19.3. The van der Waals surface area contributed by atoms with Crippen molar-refractivity contribution >= 4 is 5.95 Å². The third kappa shape index (κ3) is 3.60. The van der Waals surface area contributed by atoms with Gasteiger partial charge in [-0.05, 0) is 74.5 Å². The van der Waals surface area contributed by atoms with Crippen LogP contribution in [0.3, 0.4) is 0 Å². The van der Waals surface area contributed by atoms with E-state index in [-0.39, 0.29) is 17.5 Å². The Kier molecular flexibility index (Phi) is 4.90. The first-order chi connectivity index (χ1) is 16.6. The molecule has 1 saturated carbocycles. The van der Waals surface area contributed by atoms with Crippen LogP contribution in [0.1, 0.15) is 43.6 Å². The van der Waals surface area contributed by atoms with E-state index in [2.05, 4.69) is 19.9 Å². The van der Waals surface area contributed by atoms with Crippen LogP contribution in [0.25, 0.3) is 0 Å². The highest BCUT2D eigenvalue weighted by molar-refractivity contribution is 5.38. The van der Waals surface area contributed by atoms with Gasteiger partial charge >= 0.3 is 0 Å². The summed E-state index contributed by atoms with van der Waals surface area (Å²) in [5.41, 5.74) is 1.32. The van der Waals surface area contributed by atoms with Crippen molar-refractivity contribution in [3.63, 3.8) is 0 Å². The number of ether oxygens (including phenoxy) is 3. The average Bonchev–Trinajstić information content (AvgIpc) is 3.45. The molecule has 4 saturated heterocycles. The lowest BCUT2D eigenvalue weighted by Gasteiger charge is -2.52. The summed E-state index contributed by atoms with van der Waals surface area (Å²) in [5.74, 6) is 1.67. The molecule has 34 heavy (non-hydrogen) atoms. The number of piperidine rings is 1. The minimum Gasteiger partial charge on any atom is -0.490 e. The topological polar surface area (TPSA) is 73.1 Å². The minimum absolute atomic E-state index is 0.0860. The fraction of sp³-hybridized carbons (Fsp3) is 0.680. The van der Waals surface area contributed by atoms with Gasteiger partial charge in [0.15, 0.2) is 0 Å². The van der Waals surface area contributed by atoms with E-state index in [0.29, 0.717) is 23.3 Å². The summed E-state index contributed by atoms with van der Waals surface area (Å²) in [5, 5.41) is 3.92. The van der Waals surface area contributed by atoms with Gasteiger partial charge in [-0.15, -0.1) is 0 Å². The monoisotopic (exact) mass is 470 g/mol. The molecule has 5 fully saturated rings. The third-order valence-corrected chi connectivity index (χ3v) is 8.67. The highest BCUT2D eigenvalue weighted by atomic mass is 19.1. The molecule has 2 aromatic rings. The Bertz CT molecular complexity index is 1020. The number of halogens is 1. The molecular weight excluding hydrogens is 439 g/mol. The Morgan fingerprint density at radius 1 is 1.09 bits per heavy atom. The zero-order valence-electron chi connectivity index (χ0n) is 19.3. The second-order valence-corrected chi connectivity index (χ2v) is 11.1. The summed E-state index contributed by atoms with van der Waals surface area (Å²) in [6, 6.07) is 5.50. The van der Waals surface area contributed by atoms with E-state index >= 15 is 0 Å². The highest BCUT2D eigenvalue weighted by Crippen LogP contribution is 2.49. The lowest BCUT2D eigenvalue weighted by molar-refractivity contribution is -0.191. The second kappa shape index (κ2) is 7.90. The van der Waals surface area contributed by atoms with Crippen LogP contribution < -0.4 is 9.64 Å². The molecule has 5 heterocycles. The van der Waals surface area contributed by atoms with Crippen LogP contribution in [0.2, 0.25) is 0 Å². The molecule has 1 aliphatic carbocycles. The van der Waals surface area contributed by atoms with Crippen LogP contribution in [-0.2, 0) is 9.47 Å². The van der Waals surface area contributed by atoms with E-state index in [9.17, 15) is 4.39 Å². The molecular formula is C25H31FN4O4. The molecule has 2 spiro atoms. The van der Waals surface area contributed by atoms with Gasteiger partial charge in [-0.1, -0.05) is 0 Å². The molecule has 5 aliphatic rings. The van der Waals surface area contributed by atoms with E-state index in [1.165, 1.54) is 12.5 Å². The molecule has 1 aromatic carbocycles. The maximum absolute atomic E-state index is 14.2. The molecule has 0 bridgehead atoms. The molecule has 0 amide bonds. The van der Waals surface area contributed by atoms with Crippen molar-refractivity contribution in [2.45, 2.75) is 55.8 Å². The summed E-state index contributed by atoms with van der Waals surface area (Å²) in [6.07, 6.45) is 6.76. The molecule has 0 radical (unpaired) electrons. The van der Waals surface area contributed by atoms with Crippen molar-refractivity contribution in [1.82, 2.24) is 15.0 Å². The van der Waals surface area contributed by atoms with E-state index < -0.39 is 0 Å². The Balaban J connectivity index is 0.950. The summed E-state index contributed by atoms with van der Waals surface area (Å²) in [4.78, 5) is 8.80. The van der Waals surface area contributed by atoms with Gasteiger partial charge in [0.2, 0.25) is 6.39 Å². The van der Waals surface area contributed by atoms with Crippen molar-refractivity contribution in [2.75, 3.05) is 50.9 Å². The lowest BCUT2D eigenvalue weighted by Crippen LogP contribution is -2.62. The molecule has 0 N–H and O–H groups in total. The predicted molar refractivity (Wildman–Crippen MR) is 120 cm³/mol. The van der Waals surface area contributed by atoms with Crippen molar-refractivity contribution < 1.29 is 23.1 Å². The van der Waals surface area contributed by atoms with Crippen LogP contribution in [0.5, 0.6) is 5.75 Å². The standard InChI is InChI=1S/C25H31FN4O4/c26-18-1-2-22(34-20-9-24(10-20)14-31-15-24)21(7-18)17-3-5-29(6-4-17)19-8-25(32-11-19)12-30(13-25)23-27-16-33-28-23/h1-2,7,16-17,19-20H,3-6,8-15H2/t19-/m0/s1. The van der Waals surface area contributed by atoms with Gasteiger partial charge < -0.3 is 23.6 Å². The summed E-state index contributed by atoms with van der Waals surface area (Å²) < 4.78 is 37.1. The molecule has 7 rings (SSSR count). The number of anilines is 1. The van der Waals surface area contributed by atoms with Crippen molar-refractivity contribution in [3.8, 4) is 5.75 Å². The Labute approximate surface area is 198 Å². The first kappa shape index (κ1) is 21.1. The normalized spacial score (nSPS) is 28.6. The summed E-state index contributed by atoms with van der Waals surface area (Å²) in [7, 11) is 0. The molecule has 4 aliphatic heterocycles. The SMILES string of the molecule is Fc1ccc(OC2CC3(COC3)C2)c(C2CCN([C@@H]3COC4(C3)CN(c3ncon3)C4)CC2)c1. The molecule has 1 atom stereocenters.